The van der Waals surface area contributed by atoms with E-state index in [0.717, 1.165) is 19.6 Å². The lowest BCUT2D eigenvalue weighted by molar-refractivity contribution is 0.540. The van der Waals surface area contributed by atoms with Gasteiger partial charge < -0.3 is 10.6 Å². The molecular formula is C17H30N2. The van der Waals surface area contributed by atoms with E-state index in [2.05, 4.69) is 69.5 Å². The largest absolute Gasteiger partial charge is 0.314 e. The SMILES string of the molecule is CC(C)NCCCNCc1ccccc1C(C)(C)C. The highest BCUT2D eigenvalue weighted by molar-refractivity contribution is 5.32. The first-order valence-electron chi connectivity index (χ1n) is 7.43. The third-order valence-electron chi connectivity index (χ3n) is 3.22. The van der Waals surface area contributed by atoms with Gasteiger partial charge in [0.15, 0.2) is 0 Å². The second-order valence-electron chi connectivity index (χ2n) is 6.55. The summed E-state index contributed by atoms with van der Waals surface area (Å²) in [5, 5.41) is 6.99. The molecule has 0 aromatic heterocycles. The second kappa shape index (κ2) is 7.66. The van der Waals surface area contributed by atoms with Gasteiger partial charge in [-0.05, 0) is 36.1 Å². The second-order valence-corrected chi connectivity index (χ2v) is 6.55. The Morgan fingerprint density at radius 3 is 2.37 bits per heavy atom. The highest BCUT2D eigenvalue weighted by atomic mass is 14.9. The van der Waals surface area contributed by atoms with E-state index in [9.17, 15) is 0 Å². The van der Waals surface area contributed by atoms with Crippen LogP contribution in [-0.2, 0) is 12.0 Å². The van der Waals surface area contributed by atoms with Crippen LogP contribution in [0.5, 0.6) is 0 Å². The Morgan fingerprint density at radius 2 is 1.74 bits per heavy atom. The molecule has 0 heterocycles. The molecule has 0 fully saturated rings. The van der Waals surface area contributed by atoms with Crippen LogP contribution in [0.25, 0.3) is 0 Å². The van der Waals surface area contributed by atoms with Crippen molar-refractivity contribution in [2.75, 3.05) is 13.1 Å². The molecule has 1 aromatic carbocycles. The molecule has 1 rings (SSSR count). The van der Waals surface area contributed by atoms with Crippen molar-refractivity contribution in [3.05, 3.63) is 35.4 Å². The van der Waals surface area contributed by atoms with Crippen LogP contribution in [0.3, 0.4) is 0 Å². The topological polar surface area (TPSA) is 24.1 Å². The summed E-state index contributed by atoms with van der Waals surface area (Å²) >= 11 is 0. The van der Waals surface area contributed by atoms with E-state index in [1.807, 2.05) is 0 Å². The van der Waals surface area contributed by atoms with Crippen LogP contribution in [0, 0.1) is 0 Å². The first-order valence-corrected chi connectivity index (χ1v) is 7.43. The van der Waals surface area contributed by atoms with Crippen molar-refractivity contribution >= 4 is 0 Å². The molecule has 2 heteroatoms. The molecule has 0 spiro atoms. The molecule has 0 atom stereocenters. The summed E-state index contributed by atoms with van der Waals surface area (Å²) in [6.45, 7) is 14.3. The Bertz CT molecular complexity index is 364. The monoisotopic (exact) mass is 262 g/mol. The van der Waals surface area contributed by atoms with Gasteiger partial charge in [0, 0.05) is 12.6 Å². The highest BCUT2D eigenvalue weighted by Gasteiger charge is 2.16. The fourth-order valence-electron chi connectivity index (χ4n) is 2.23. The molecule has 0 amide bonds. The fraction of sp³-hybridized carbons (Fsp3) is 0.647. The molecule has 0 radical (unpaired) electrons. The standard InChI is InChI=1S/C17H30N2/c1-14(2)19-12-8-11-18-13-15-9-6-7-10-16(15)17(3,4)5/h6-7,9-10,14,18-19H,8,11-13H2,1-5H3. The van der Waals surface area contributed by atoms with Crippen molar-refractivity contribution in [1.82, 2.24) is 10.6 Å². The average molecular weight is 262 g/mol. The van der Waals surface area contributed by atoms with Crippen LogP contribution in [0.4, 0.5) is 0 Å². The average Bonchev–Trinajstić information content (AvgIpc) is 2.32. The predicted octanol–water partition coefficient (Wildman–Crippen LogP) is 3.46. The van der Waals surface area contributed by atoms with Gasteiger partial charge in [0.25, 0.3) is 0 Å². The molecule has 108 valence electrons. The fourth-order valence-corrected chi connectivity index (χ4v) is 2.23. The third-order valence-corrected chi connectivity index (χ3v) is 3.22. The summed E-state index contributed by atoms with van der Waals surface area (Å²) in [4.78, 5) is 0. The minimum atomic E-state index is 0.220. The highest BCUT2D eigenvalue weighted by Crippen LogP contribution is 2.25. The van der Waals surface area contributed by atoms with Gasteiger partial charge in [0.2, 0.25) is 0 Å². The maximum atomic E-state index is 3.55. The molecule has 0 aliphatic carbocycles. The molecule has 0 unspecified atom stereocenters. The predicted molar refractivity (Wildman–Crippen MR) is 84.6 cm³/mol. The zero-order chi connectivity index (χ0) is 14.3. The van der Waals surface area contributed by atoms with Crippen LogP contribution in [0.15, 0.2) is 24.3 Å². The van der Waals surface area contributed by atoms with Gasteiger partial charge in [-0.25, -0.2) is 0 Å². The first-order chi connectivity index (χ1) is 8.91. The van der Waals surface area contributed by atoms with Crippen molar-refractivity contribution in [2.45, 2.75) is 59.0 Å². The van der Waals surface area contributed by atoms with Crippen molar-refractivity contribution < 1.29 is 0 Å². The zero-order valence-corrected chi connectivity index (χ0v) is 13.2. The van der Waals surface area contributed by atoms with Crippen LogP contribution >= 0.6 is 0 Å². The number of hydrogen-bond donors (Lipinski definition) is 2. The summed E-state index contributed by atoms with van der Waals surface area (Å²) in [7, 11) is 0. The maximum absolute atomic E-state index is 3.55. The summed E-state index contributed by atoms with van der Waals surface area (Å²) in [6.07, 6.45) is 1.18. The van der Waals surface area contributed by atoms with Crippen molar-refractivity contribution in [2.24, 2.45) is 0 Å². The molecule has 0 bridgehead atoms. The van der Waals surface area contributed by atoms with Gasteiger partial charge in [-0.15, -0.1) is 0 Å². The number of benzene rings is 1. The van der Waals surface area contributed by atoms with Gasteiger partial charge in [0.05, 0.1) is 0 Å². The number of nitrogens with one attached hydrogen (secondary N) is 2. The zero-order valence-electron chi connectivity index (χ0n) is 13.2. The summed E-state index contributed by atoms with van der Waals surface area (Å²) in [6, 6.07) is 9.34. The first kappa shape index (κ1) is 16.2. The summed E-state index contributed by atoms with van der Waals surface area (Å²) in [5.41, 5.74) is 3.09. The van der Waals surface area contributed by atoms with Gasteiger partial charge in [-0.2, -0.15) is 0 Å². The molecule has 2 nitrogen and oxygen atoms in total. The number of hydrogen-bond acceptors (Lipinski definition) is 2. The van der Waals surface area contributed by atoms with Crippen LogP contribution < -0.4 is 10.6 Å². The minimum absolute atomic E-state index is 0.220. The van der Waals surface area contributed by atoms with Gasteiger partial charge in [-0.1, -0.05) is 58.9 Å². The number of rotatable bonds is 7. The van der Waals surface area contributed by atoms with Crippen molar-refractivity contribution in [3.63, 3.8) is 0 Å². The Balaban J connectivity index is 2.37. The van der Waals surface area contributed by atoms with E-state index in [-0.39, 0.29) is 5.41 Å². The molecule has 0 saturated heterocycles. The molecule has 0 saturated carbocycles. The van der Waals surface area contributed by atoms with E-state index < -0.39 is 0 Å². The van der Waals surface area contributed by atoms with Gasteiger partial charge in [0.1, 0.15) is 0 Å². The Labute approximate surface area is 119 Å². The smallest absolute Gasteiger partial charge is 0.0208 e. The molecule has 0 aliphatic rings. The lowest BCUT2D eigenvalue weighted by Crippen LogP contribution is -2.27. The molecule has 1 aromatic rings. The maximum Gasteiger partial charge on any atom is 0.0208 e. The molecule has 19 heavy (non-hydrogen) atoms. The van der Waals surface area contributed by atoms with Gasteiger partial charge in [-0.3, -0.25) is 0 Å². The minimum Gasteiger partial charge on any atom is -0.314 e. The van der Waals surface area contributed by atoms with Crippen molar-refractivity contribution in [3.8, 4) is 0 Å². The summed E-state index contributed by atoms with van der Waals surface area (Å²) < 4.78 is 0. The van der Waals surface area contributed by atoms with E-state index in [4.69, 9.17) is 0 Å². The Hall–Kier alpha value is -0.860. The Kier molecular flexibility index (Phi) is 6.53. The van der Waals surface area contributed by atoms with Crippen LogP contribution in [0.1, 0.15) is 52.2 Å². The summed E-state index contributed by atoms with van der Waals surface area (Å²) in [5.74, 6) is 0. The van der Waals surface area contributed by atoms with Crippen LogP contribution in [0.2, 0.25) is 0 Å². The molecule has 2 N–H and O–H groups in total. The van der Waals surface area contributed by atoms with Gasteiger partial charge >= 0.3 is 0 Å². The lowest BCUT2D eigenvalue weighted by atomic mass is 9.84. The Morgan fingerprint density at radius 1 is 1.05 bits per heavy atom. The van der Waals surface area contributed by atoms with E-state index in [0.29, 0.717) is 6.04 Å². The van der Waals surface area contributed by atoms with Crippen LogP contribution in [-0.4, -0.2) is 19.1 Å². The van der Waals surface area contributed by atoms with Crippen molar-refractivity contribution in [1.29, 1.82) is 0 Å². The lowest BCUT2D eigenvalue weighted by Gasteiger charge is -2.23. The van der Waals surface area contributed by atoms with E-state index >= 15 is 0 Å². The molecule has 0 aliphatic heterocycles. The molecular weight excluding hydrogens is 232 g/mol. The van der Waals surface area contributed by atoms with E-state index in [1.54, 1.807) is 0 Å². The van der Waals surface area contributed by atoms with E-state index in [1.165, 1.54) is 17.5 Å². The normalized spacial score (nSPS) is 12.1. The quantitative estimate of drug-likeness (QED) is 0.735. The third kappa shape index (κ3) is 6.22.